The molecule has 1 fully saturated rings. The van der Waals surface area contributed by atoms with Crippen LogP contribution in [0.1, 0.15) is 284 Å². The van der Waals surface area contributed by atoms with Gasteiger partial charge in [-0.1, -0.05) is 244 Å². The molecule has 1 rings (SSSR count). The van der Waals surface area contributed by atoms with E-state index in [4.69, 9.17) is 9.47 Å². The van der Waals surface area contributed by atoms with Crippen LogP contribution < -0.4 is 5.32 Å². The molecule has 11 heteroatoms. The number of rotatable bonds is 52. The zero-order valence-corrected chi connectivity index (χ0v) is 46.0. The average Bonchev–Trinajstić information content (AvgIpc) is 3.37. The molecule has 11 nitrogen and oxygen atoms in total. The molecule has 0 aromatic rings. The maximum Gasteiger partial charge on any atom is 0.249 e. The number of amides is 1. The first-order valence-electron chi connectivity index (χ1n) is 30.2. The second-order valence-electron chi connectivity index (χ2n) is 21.4. The highest BCUT2D eigenvalue weighted by molar-refractivity contribution is 5.80. The Hall–Kier alpha value is -1.41. The van der Waals surface area contributed by atoms with E-state index in [0.717, 1.165) is 51.4 Å². The molecule has 420 valence electrons. The van der Waals surface area contributed by atoms with Gasteiger partial charge in [-0.05, 0) is 64.2 Å². The lowest BCUT2D eigenvalue weighted by Crippen LogP contribution is -2.60. The highest BCUT2D eigenvalue weighted by Crippen LogP contribution is 2.23. The van der Waals surface area contributed by atoms with Crippen molar-refractivity contribution < 1.29 is 50.0 Å². The van der Waals surface area contributed by atoms with Crippen LogP contribution in [0.15, 0.2) is 24.3 Å². The summed E-state index contributed by atoms with van der Waals surface area (Å²) in [6, 6.07) is -1.19. The van der Waals surface area contributed by atoms with Crippen LogP contribution in [0.25, 0.3) is 0 Å². The lowest BCUT2D eigenvalue weighted by atomic mass is 9.98. The molecular formula is C60H115NO10. The SMILES string of the molecule is CCCCCCCCCCC/C=C\CCCCCCC(O)C(=O)NC(COC1OC(CO)C(O)C(O)C1O)C(O)C(O)CCC/C=C/CCCCCCCCCCCCCCCCCCCCCCCC. The molecule has 0 bridgehead atoms. The van der Waals surface area contributed by atoms with E-state index in [9.17, 15) is 40.5 Å². The molecule has 8 N–H and O–H groups in total. The highest BCUT2D eigenvalue weighted by Gasteiger charge is 2.44. The molecule has 0 aromatic heterocycles. The number of hydrogen-bond donors (Lipinski definition) is 8. The summed E-state index contributed by atoms with van der Waals surface area (Å²) in [4.78, 5) is 13.2. The number of ether oxygens (including phenoxy) is 2. The lowest BCUT2D eigenvalue weighted by molar-refractivity contribution is -0.303. The van der Waals surface area contributed by atoms with Crippen molar-refractivity contribution in [1.29, 1.82) is 0 Å². The fourth-order valence-electron chi connectivity index (χ4n) is 9.79. The van der Waals surface area contributed by atoms with Crippen LogP contribution in [-0.2, 0) is 14.3 Å². The first-order valence-corrected chi connectivity index (χ1v) is 30.2. The maximum atomic E-state index is 13.2. The molecule has 9 unspecified atom stereocenters. The van der Waals surface area contributed by atoms with Crippen LogP contribution in [0.2, 0.25) is 0 Å². The Balaban J connectivity index is 2.29. The van der Waals surface area contributed by atoms with Crippen molar-refractivity contribution >= 4 is 5.91 Å². The van der Waals surface area contributed by atoms with Crippen LogP contribution in [0.4, 0.5) is 0 Å². The van der Waals surface area contributed by atoms with Gasteiger partial charge in [-0.15, -0.1) is 0 Å². The van der Waals surface area contributed by atoms with Crippen molar-refractivity contribution in [2.75, 3.05) is 13.2 Å². The van der Waals surface area contributed by atoms with E-state index < -0.39 is 74.2 Å². The van der Waals surface area contributed by atoms with Gasteiger partial charge in [0, 0.05) is 0 Å². The van der Waals surface area contributed by atoms with Crippen LogP contribution in [0.5, 0.6) is 0 Å². The Kier molecular flexibility index (Phi) is 47.1. The maximum absolute atomic E-state index is 13.2. The van der Waals surface area contributed by atoms with Gasteiger partial charge < -0.3 is 50.5 Å². The predicted molar refractivity (Wildman–Crippen MR) is 293 cm³/mol. The number of nitrogens with one attached hydrogen (secondary N) is 1. The molecule has 0 saturated carbocycles. The summed E-state index contributed by atoms with van der Waals surface area (Å²) in [5.74, 6) is -0.712. The molecule has 0 radical (unpaired) electrons. The summed E-state index contributed by atoms with van der Waals surface area (Å²) < 4.78 is 11.1. The van der Waals surface area contributed by atoms with Crippen LogP contribution in [-0.4, -0.2) is 110 Å². The number of carbonyl (C=O) groups is 1. The molecule has 1 aliphatic heterocycles. The van der Waals surface area contributed by atoms with E-state index >= 15 is 0 Å². The molecule has 1 saturated heterocycles. The topological polar surface area (TPSA) is 189 Å². The lowest BCUT2D eigenvalue weighted by Gasteiger charge is -2.40. The second kappa shape index (κ2) is 49.5. The fourth-order valence-corrected chi connectivity index (χ4v) is 9.79. The van der Waals surface area contributed by atoms with E-state index in [1.165, 1.54) is 193 Å². The number of carbonyl (C=O) groups excluding carboxylic acids is 1. The Labute approximate surface area is 435 Å². The fraction of sp³-hybridized carbons (Fsp3) is 0.917. The van der Waals surface area contributed by atoms with Gasteiger partial charge in [-0.3, -0.25) is 4.79 Å². The minimum absolute atomic E-state index is 0.241. The molecular weight excluding hydrogens is 895 g/mol. The van der Waals surface area contributed by atoms with Gasteiger partial charge in [0.25, 0.3) is 0 Å². The van der Waals surface area contributed by atoms with E-state index in [1.807, 2.05) is 0 Å². The van der Waals surface area contributed by atoms with Gasteiger partial charge in [-0.25, -0.2) is 0 Å². The van der Waals surface area contributed by atoms with Gasteiger partial charge >= 0.3 is 0 Å². The van der Waals surface area contributed by atoms with Gasteiger partial charge in [0.2, 0.25) is 5.91 Å². The first-order chi connectivity index (χ1) is 34.7. The predicted octanol–water partition coefficient (Wildman–Crippen LogP) is 12.9. The number of aliphatic hydroxyl groups is 7. The summed E-state index contributed by atoms with van der Waals surface area (Å²) in [6.45, 7) is 3.47. The van der Waals surface area contributed by atoms with Crippen molar-refractivity contribution in [2.24, 2.45) is 0 Å². The first kappa shape index (κ1) is 67.6. The third-order valence-electron chi connectivity index (χ3n) is 14.7. The minimum atomic E-state index is -1.67. The minimum Gasteiger partial charge on any atom is -0.394 e. The van der Waals surface area contributed by atoms with Crippen molar-refractivity contribution in [1.82, 2.24) is 5.32 Å². The van der Waals surface area contributed by atoms with Gasteiger partial charge in [0.15, 0.2) is 6.29 Å². The van der Waals surface area contributed by atoms with E-state index in [0.29, 0.717) is 12.8 Å². The standard InChI is InChI=1S/C60H115NO10/c1-3-5-7-9-11-13-15-17-19-21-22-23-24-25-26-27-28-29-30-32-33-35-37-39-41-43-45-47-52(63)55(65)51(50-70-60-58(68)57(67)56(66)54(49-62)71-60)61-59(69)53(64)48-46-44-42-40-38-36-34-31-20-18-16-14-12-10-8-6-4-2/h34,36,39,41,51-58,60,62-68H,3-33,35,37-38,40,42-50H2,1-2H3,(H,61,69)/b36-34-,41-39+. The van der Waals surface area contributed by atoms with E-state index in [2.05, 4.69) is 43.5 Å². The molecule has 0 spiro atoms. The van der Waals surface area contributed by atoms with Crippen molar-refractivity contribution in [2.45, 2.75) is 339 Å². The third kappa shape index (κ3) is 37.9. The monoisotopic (exact) mass is 1010 g/mol. The second-order valence-corrected chi connectivity index (χ2v) is 21.4. The quantitative estimate of drug-likeness (QED) is 0.0215. The van der Waals surface area contributed by atoms with Crippen molar-refractivity contribution in [3.63, 3.8) is 0 Å². The molecule has 0 aliphatic carbocycles. The molecule has 0 aromatic carbocycles. The van der Waals surface area contributed by atoms with Crippen LogP contribution in [0.3, 0.4) is 0 Å². The summed E-state index contributed by atoms with van der Waals surface area (Å²) in [7, 11) is 0. The zero-order chi connectivity index (χ0) is 51.8. The molecule has 9 atom stereocenters. The van der Waals surface area contributed by atoms with Gasteiger partial charge in [0.1, 0.15) is 36.6 Å². The van der Waals surface area contributed by atoms with Crippen LogP contribution >= 0.6 is 0 Å². The highest BCUT2D eigenvalue weighted by atomic mass is 16.7. The number of aliphatic hydroxyl groups excluding tert-OH is 7. The Morgan fingerprint density at radius 2 is 0.831 bits per heavy atom. The number of unbranched alkanes of at least 4 members (excludes halogenated alkanes) is 36. The summed E-state index contributed by atoms with van der Waals surface area (Å²) >= 11 is 0. The van der Waals surface area contributed by atoms with Crippen LogP contribution in [0, 0.1) is 0 Å². The van der Waals surface area contributed by atoms with Crippen molar-refractivity contribution in [3.05, 3.63) is 24.3 Å². The van der Waals surface area contributed by atoms with Crippen molar-refractivity contribution in [3.8, 4) is 0 Å². The van der Waals surface area contributed by atoms with Gasteiger partial charge in [0.05, 0.1) is 25.4 Å². The summed E-state index contributed by atoms with van der Waals surface area (Å²) in [6.07, 6.45) is 48.2. The molecule has 1 aliphatic rings. The largest absolute Gasteiger partial charge is 0.394 e. The van der Waals surface area contributed by atoms with Gasteiger partial charge in [-0.2, -0.15) is 0 Å². The normalized spacial score (nSPS) is 20.3. The third-order valence-corrected chi connectivity index (χ3v) is 14.7. The molecule has 1 amide bonds. The Morgan fingerprint density at radius 1 is 0.479 bits per heavy atom. The Bertz CT molecular complexity index is 1200. The number of allylic oxidation sites excluding steroid dienone is 4. The zero-order valence-electron chi connectivity index (χ0n) is 46.0. The molecule has 71 heavy (non-hydrogen) atoms. The average molecular weight is 1010 g/mol. The summed E-state index contributed by atoms with van der Waals surface area (Å²) in [5.41, 5.74) is 0. The smallest absolute Gasteiger partial charge is 0.249 e. The summed E-state index contributed by atoms with van der Waals surface area (Å²) in [5, 5.41) is 76.1. The van der Waals surface area contributed by atoms with E-state index in [-0.39, 0.29) is 12.8 Å². The Morgan fingerprint density at radius 3 is 1.21 bits per heavy atom. The number of hydrogen-bond acceptors (Lipinski definition) is 10. The van der Waals surface area contributed by atoms with E-state index in [1.54, 1.807) is 0 Å². The molecule has 1 heterocycles.